The molecule has 0 saturated heterocycles. The van der Waals surface area contributed by atoms with Gasteiger partial charge >= 0.3 is 6.18 Å². The molecule has 0 spiro atoms. The van der Waals surface area contributed by atoms with Gasteiger partial charge in [0.15, 0.2) is 0 Å². The topological polar surface area (TPSA) is 96.9 Å². The van der Waals surface area contributed by atoms with Gasteiger partial charge in [-0.05, 0) is 40.6 Å². The first kappa shape index (κ1) is 23.7. The fraction of sp³-hybridized carbons (Fsp3) is 0.211. The summed E-state index contributed by atoms with van der Waals surface area (Å²) in [6.07, 6.45) is -1.66. The molecule has 170 valence electrons. The largest absolute Gasteiger partial charge is 0.438 e. The van der Waals surface area contributed by atoms with Crippen LogP contribution in [0.4, 0.5) is 18.9 Å². The van der Waals surface area contributed by atoms with E-state index in [2.05, 4.69) is 15.1 Å². The number of alkyl halides is 3. The fourth-order valence-electron chi connectivity index (χ4n) is 3.43. The summed E-state index contributed by atoms with van der Waals surface area (Å²) in [5.41, 5.74) is -0.607. The van der Waals surface area contributed by atoms with E-state index in [4.69, 9.17) is 21.6 Å². The highest BCUT2D eigenvalue weighted by Gasteiger charge is 2.38. The van der Waals surface area contributed by atoms with Gasteiger partial charge in [0.2, 0.25) is 5.88 Å². The summed E-state index contributed by atoms with van der Waals surface area (Å²) in [7, 11) is 0. The van der Waals surface area contributed by atoms with E-state index in [0.29, 0.717) is 29.9 Å². The maximum atomic E-state index is 13.6. The van der Waals surface area contributed by atoms with Crippen molar-refractivity contribution >= 4 is 45.7 Å². The molecule has 0 saturated carbocycles. The monoisotopic (exact) mass is 606 g/mol. The molecule has 1 aromatic carbocycles. The number of rotatable bonds is 4. The lowest BCUT2D eigenvalue weighted by Crippen LogP contribution is -2.33. The highest BCUT2D eigenvalue weighted by Crippen LogP contribution is 2.41. The molecule has 1 aliphatic rings. The van der Waals surface area contributed by atoms with Crippen molar-refractivity contribution in [2.45, 2.75) is 19.1 Å². The number of fused-ring (bicyclic) bond motifs is 1. The Labute approximate surface area is 204 Å². The Kier molecular flexibility index (Phi) is 6.74. The Balaban J connectivity index is 1.67. The van der Waals surface area contributed by atoms with Crippen molar-refractivity contribution in [3.8, 4) is 17.7 Å². The van der Waals surface area contributed by atoms with E-state index in [0.717, 1.165) is 12.1 Å². The Morgan fingerprint density at radius 3 is 2.79 bits per heavy atom. The van der Waals surface area contributed by atoms with Crippen LogP contribution in [0.5, 0.6) is 11.6 Å². The van der Waals surface area contributed by atoms with Crippen molar-refractivity contribution < 1.29 is 17.9 Å². The first-order chi connectivity index (χ1) is 15.7. The molecule has 1 atom stereocenters. The van der Waals surface area contributed by atoms with Crippen LogP contribution in [0.25, 0.3) is 0 Å². The van der Waals surface area contributed by atoms with Crippen molar-refractivity contribution in [3.63, 3.8) is 0 Å². The molecule has 1 aliphatic heterocycles. The predicted molar refractivity (Wildman–Crippen MR) is 124 cm³/mol. The molecule has 0 amide bonds. The quantitative estimate of drug-likeness (QED) is 0.313. The molecule has 0 aliphatic carbocycles. The van der Waals surface area contributed by atoms with Gasteiger partial charge in [-0.15, -0.1) is 0 Å². The normalized spacial score (nSPS) is 13.8. The average Bonchev–Trinajstić information content (AvgIpc) is 2.79. The van der Waals surface area contributed by atoms with Crippen molar-refractivity contribution in [2.24, 2.45) is 0 Å². The Hall–Kier alpha value is -2.49. The Bertz CT molecular complexity index is 1330. The predicted octanol–water partition coefficient (Wildman–Crippen LogP) is 4.72. The molecule has 33 heavy (non-hydrogen) atoms. The average molecular weight is 607 g/mol. The molecule has 4 rings (SSSR count). The van der Waals surface area contributed by atoms with E-state index < -0.39 is 28.6 Å². The van der Waals surface area contributed by atoms with Gasteiger partial charge in [-0.2, -0.15) is 23.5 Å². The van der Waals surface area contributed by atoms with E-state index in [-0.39, 0.29) is 23.8 Å². The van der Waals surface area contributed by atoms with Crippen LogP contribution in [-0.2, 0) is 19.1 Å². The van der Waals surface area contributed by atoms with Crippen LogP contribution in [0.15, 0.2) is 35.5 Å². The van der Waals surface area contributed by atoms with E-state index in [1.807, 2.05) is 26.9 Å². The molecule has 0 N–H and O–H groups in total. The zero-order valence-electron chi connectivity index (χ0n) is 16.4. The summed E-state index contributed by atoms with van der Waals surface area (Å²) in [6.45, 7) is 0.619. The minimum absolute atomic E-state index is 0.0222. The third-order valence-electron chi connectivity index (χ3n) is 4.93. The van der Waals surface area contributed by atoms with E-state index >= 15 is 0 Å². The molecule has 14 heteroatoms. The van der Waals surface area contributed by atoms with Gasteiger partial charge in [-0.3, -0.25) is 4.79 Å². The molecule has 2 aromatic heterocycles. The highest BCUT2D eigenvalue weighted by atomic mass is 127. The van der Waals surface area contributed by atoms with Gasteiger partial charge < -0.3 is 9.64 Å². The van der Waals surface area contributed by atoms with Gasteiger partial charge in [0.05, 0.1) is 42.1 Å². The van der Waals surface area contributed by atoms with Crippen LogP contribution in [0, 0.1) is 11.3 Å². The Morgan fingerprint density at radius 1 is 1.30 bits per heavy atom. The lowest BCUT2D eigenvalue weighted by molar-refractivity contribution is -0.138. The van der Waals surface area contributed by atoms with Crippen LogP contribution in [0.3, 0.4) is 0 Å². The molecule has 1 unspecified atom stereocenters. The number of halogens is 5. The molecule has 3 heterocycles. The molecule has 0 bridgehead atoms. The zero-order chi connectivity index (χ0) is 23.8. The first-order valence-corrected chi connectivity index (χ1v) is 13.7. The molecular formula is C19H12ClF3IN6O2P. The maximum absolute atomic E-state index is 13.6. The van der Waals surface area contributed by atoms with E-state index in [1.165, 1.54) is 23.0 Å². The highest BCUT2D eigenvalue weighted by molar-refractivity contribution is 14.2. The lowest BCUT2D eigenvalue weighted by atomic mass is 10.1. The second-order valence-corrected chi connectivity index (χ2v) is 9.23. The number of nitriles is 1. The van der Waals surface area contributed by atoms with Crippen LogP contribution in [-0.4, -0.2) is 26.1 Å². The second-order valence-electron chi connectivity index (χ2n) is 6.81. The molecule has 0 radical (unpaired) electrons. The number of anilines is 1. The van der Waals surface area contributed by atoms with Gasteiger partial charge in [-0.1, -0.05) is 17.7 Å². The van der Waals surface area contributed by atoms with Crippen LogP contribution >= 0.6 is 40.0 Å². The van der Waals surface area contributed by atoms with Gasteiger partial charge in [0.25, 0.3) is 5.56 Å². The molecule has 3 aromatic rings. The molecular weight excluding hydrogens is 595 g/mol. The van der Waals surface area contributed by atoms with Gasteiger partial charge in [-0.25, -0.2) is 14.4 Å². The number of ether oxygens (including phenoxy) is 1. The number of aromatic nitrogens is 4. The summed E-state index contributed by atoms with van der Waals surface area (Å²) in [5.74, 6) is -0.536. The fourth-order valence-corrected chi connectivity index (χ4v) is 5.07. The number of hydrogen-bond donors (Lipinski definition) is 0. The van der Waals surface area contributed by atoms with Crippen molar-refractivity contribution in [3.05, 3.63) is 68.5 Å². The minimum atomic E-state index is -4.78. The minimum Gasteiger partial charge on any atom is -0.438 e. The standard InChI is InChI=1S/C19H12ClF3IN6O2P/c20-16-13(7-28-30(33-24)18(16)31)29-5-4-11-12(8-29)26-9-27-17(11)32-14-3-1-2-10(6-25)15(14)19(21,22)23/h1-3,7,9,33H,4-5,8H2. The number of nitrogens with zero attached hydrogens (tertiary/aromatic N) is 6. The van der Waals surface area contributed by atoms with Gasteiger partial charge in [0.1, 0.15) is 22.7 Å². The lowest BCUT2D eigenvalue weighted by Gasteiger charge is -2.30. The van der Waals surface area contributed by atoms with E-state index in [1.54, 1.807) is 6.07 Å². The SMILES string of the molecule is N#Cc1cccc(Oc2ncnc3c2CCN(c2cnn(PI)c(=O)c2Cl)C3)c1C(F)(F)F. The zero-order valence-corrected chi connectivity index (χ0v) is 20.3. The third kappa shape index (κ3) is 4.62. The molecule has 8 nitrogen and oxygen atoms in total. The number of benzene rings is 1. The van der Waals surface area contributed by atoms with E-state index in [9.17, 15) is 18.0 Å². The van der Waals surface area contributed by atoms with Crippen LogP contribution < -0.4 is 15.2 Å². The first-order valence-electron chi connectivity index (χ1n) is 9.25. The van der Waals surface area contributed by atoms with Crippen LogP contribution in [0.1, 0.15) is 22.4 Å². The van der Waals surface area contributed by atoms with Gasteiger partial charge in [0, 0.05) is 12.1 Å². The second kappa shape index (κ2) is 9.40. The summed E-state index contributed by atoms with van der Waals surface area (Å²) in [6, 6.07) is 5.08. The summed E-state index contributed by atoms with van der Waals surface area (Å²) < 4.78 is 47.6. The maximum Gasteiger partial charge on any atom is 0.421 e. The smallest absolute Gasteiger partial charge is 0.421 e. The van der Waals surface area contributed by atoms with Crippen LogP contribution in [0.2, 0.25) is 5.02 Å². The summed E-state index contributed by atoms with van der Waals surface area (Å²) >= 11 is 8.28. The Morgan fingerprint density at radius 2 is 2.09 bits per heavy atom. The van der Waals surface area contributed by atoms with Crippen molar-refractivity contribution in [1.29, 1.82) is 5.26 Å². The number of hydrogen-bond acceptors (Lipinski definition) is 7. The van der Waals surface area contributed by atoms with Crippen molar-refractivity contribution in [1.82, 2.24) is 19.5 Å². The molecule has 0 fully saturated rings. The third-order valence-corrected chi connectivity index (χ3v) is 7.13. The summed E-state index contributed by atoms with van der Waals surface area (Å²) in [5, 5.41) is 13.2. The van der Waals surface area contributed by atoms with Crippen molar-refractivity contribution in [2.75, 3.05) is 11.4 Å². The summed E-state index contributed by atoms with van der Waals surface area (Å²) in [4.78, 5) is 22.4.